The minimum absolute atomic E-state index is 0.291. The van der Waals surface area contributed by atoms with E-state index in [4.69, 9.17) is 0 Å². The first-order valence-corrected chi connectivity index (χ1v) is 6.17. The average Bonchev–Trinajstić information content (AvgIpc) is 2.14. The smallest absolute Gasteiger partial charge is 0.299 e. The number of hydrogen-bond acceptors (Lipinski definition) is 3. The van der Waals surface area contributed by atoms with Gasteiger partial charge in [0.25, 0.3) is 0 Å². The highest BCUT2D eigenvalue weighted by Gasteiger charge is 2.30. The maximum Gasteiger partial charge on any atom is 0.416 e. The van der Waals surface area contributed by atoms with Crippen molar-refractivity contribution in [2.24, 2.45) is 0 Å². The van der Waals surface area contributed by atoms with Crippen molar-refractivity contribution in [3.8, 4) is 0 Å². The lowest BCUT2D eigenvalue weighted by molar-refractivity contribution is -0.137. The predicted molar refractivity (Wildman–Crippen MR) is 54.2 cm³/mol. The lowest BCUT2D eigenvalue weighted by Gasteiger charge is -2.07. The summed E-state index contributed by atoms with van der Waals surface area (Å²) >= 11 is 0. The molecule has 0 amide bonds. The highest BCUT2D eigenvalue weighted by atomic mass is 32.2. The molecule has 0 aliphatic heterocycles. The first-order valence-electron chi connectivity index (χ1n) is 4.52. The summed E-state index contributed by atoms with van der Waals surface area (Å²) in [5.74, 6) is -1.27. The van der Waals surface area contributed by atoms with Gasteiger partial charge in [-0.3, -0.25) is 4.79 Å². The molecule has 0 heterocycles. The molecule has 7 heteroatoms. The molecule has 17 heavy (non-hydrogen) atoms. The van der Waals surface area contributed by atoms with Crippen LogP contribution in [-0.2, 0) is 20.8 Å². The molecule has 0 atom stereocenters. The maximum atomic E-state index is 12.2. The van der Waals surface area contributed by atoms with Gasteiger partial charge in [0.05, 0.1) is 10.5 Å². The van der Waals surface area contributed by atoms with Crippen molar-refractivity contribution in [1.82, 2.24) is 0 Å². The van der Waals surface area contributed by atoms with Crippen molar-refractivity contribution < 1.29 is 26.4 Å². The number of halogens is 3. The molecule has 94 valence electrons. The number of hydrogen-bond donors (Lipinski definition) is 0. The second-order valence-electron chi connectivity index (χ2n) is 3.48. The minimum atomic E-state index is -4.51. The number of benzene rings is 1. The largest absolute Gasteiger partial charge is 0.416 e. The Balaban J connectivity index is 3.08. The molecular formula is C10H9F3O3S. The zero-order valence-corrected chi connectivity index (χ0v) is 9.60. The highest BCUT2D eigenvalue weighted by Crippen LogP contribution is 2.29. The molecule has 0 aliphatic rings. The van der Waals surface area contributed by atoms with Crippen LogP contribution in [0.3, 0.4) is 0 Å². The van der Waals surface area contributed by atoms with E-state index in [2.05, 4.69) is 0 Å². The van der Waals surface area contributed by atoms with Crippen LogP contribution < -0.4 is 0 Å². The summed E-state index contributed by atoms with van der Waals surface area (Å²) in [6.45, 7) is 1.10. The zero-order chi connectivity index (χ0) is 13.3. The Morgan fingerprint density at radius 3 is 2.00 bits per heavy atom. The number of sulfone groups is 1. The molecule has 1 aromatic carbocycles. The third-order valence-electron chi connectivity index (χ3n) is 1.93. The van der Waals surface area contributed by atoms with Crippen molar-refractivity contribution in [1.29, 1.82) is 0 Å². The first kappa shape index (κ1) is 13.7. The lowest BCUT2D eigenvalue weighted by atomic mass is 10.2. The molecule has 0 saturated carbocycles. The molecule has 0 bridgehead atoms. The van der Waals surface area contributed by atoms with Gasteiger partial charge in [0.2, 0.25) is 0 Å². The van der Waals surface area contributed by atoms with E-state index >= 15 is 0 Å². The number of Topliss-reactive ketones (excluding diaryl/α,β-unsaturated/α-hetero) is 1. The summed E-state index contributed by atoms with van der Waals surface area (Å²) in [7, 11) is -3.84. The summed E-state index contributed by atoms with van der Waals surface area (Å²) in [5.41, 5.74) is -0.931. The number of ketones is 1. The first-order chi connectivity index (χ1) is 7.63. The number of alkyl halides is 3. The standard InChI is InChI=1S/C10H9F3O3S/c1-7(14)6-17(15,16)9-4-2-8(3-5-9)10(11,12)13/h2-5H,6H2,1H3. The number of rotatable bonds is 3. The van der Waals surface area contributed by atoms with E-state index in [1.54, 1.807) is 0 Å². The van der Waals surface area contributed by atoms with Gasteiger partial charge in [0.15, 0.2) is 9.84 Å². The highest BCUT2D eigenvalue weighted by molar-refractivity contribution is 7.92. The Morgan fingerprint density at radius 2 is 1.65 bits per heavy atom. The van der Waals surface area contributed by atoms with Crippen molar-refractivity contribution in [3.05, 3.63) is 29.8 Å². The van der Waals surface area contributed by atoms with E-state index in [9.17, 15) is 26.4 Å². The van der Waals surface area contributed by atoms with Crippen LogP contribution in [0.15, 0.2) is 29.2 Å². The van der Waals surface area contributed by atoms with Crippen LogP contribution >= 0.6 is 0 Å². The van der Waals surface area contributed by atoms with Crippen LogP contribution in [0.5, 0.6) is 0 Å². The van der Waals surface area contributed by atoms with Crippen LogP contribution in [0.2, 0.25) is 0 Å². The third kappa shape index (κ3) is 3.55. The lowest BCUT2D eigenvalue weighted by Crippen LogP contribution is -2.14. The monoisotopic (exact) mass is 266 g/mol. The van der Waals surface area contributed by atoms with Gasteiger partial charge in [-0.15, -0.1) is 0 Å². The van der Waals surface area contributed by atoms with E-state index in [-0.39, 0.29) is 4.90 Å². The van der Waals surface area contributed by atoms with Gasteiger partial charge in [-0.2, -0.15) is 13.2 Å². The molecule has 0 aromatic heterocycles. The van der Waals surface area contributed by atoms with E-state index in [0.717, 1.165) is 19.1 Å². The fourth-order valence-electron chi connectivity index (χ4n) is 1.20. The van der Waals surface area contributed by atoms with Crippen LogP contribution in [0.25, 0.3) is 0 Å². The van der Waals surface area contributed by atoms with Crippen LogP contribution in [0, 0.1) is 0 Å². The molecular weight excluding hydrogens is 257 g/mol. The van der Waals surface area contributed by atoms with E-state index in [1.165, 1.54) is 0 Å². The molecule has 3 nitrogen and oxygen atoms in total. The van der Waals surface area contributed by atoms with Gasteiger partial charge in [0.1, 0.15) is 11.5 Å². The topological polar surface area (TPSA) is 51.2 Å². The van der Waals surface area contributed by atoms with E-state index in [0.29, 0.717) is 12.1 Å². The number of carbonyl (C=O) groups is 1. The van der Waals surface area contributed by atoms with Crippen molar-refractivity contribution in [2.45, 2.75) is 18.0 Å². The third-order valence-corrected chi connectivity index (χ3v) is 3.71. The van der Waals surface area contributed by atoms with Crippen LogP contribution in [0.1, 0.15) is 12.5 Å². The van der Waals surface area contributed by atoms with Crippen LogP contribution in [0.4, 0.5) is 13.2 Å². The fraction of sp³-hybridized carbons (Fsp3) is 0.300. The van der Waals surface area contributed by atoms with Gasteiger partial charge in [-0.25, -0.2) is 8.42 Å². The Hall–Kier alpha value is -1.37. The Labute approximate surface area is 96.2 Å². The van der Waals surface area contributed by atoms with Crippen molar-refractivity contribution >= 4 is 15.6 Å². The molecule has 0 spiro atoms. The predicted octanol–water partition coefficient (Wildman–Crippen LogP) is 2.07. The summed E-state index contributed by atoms with van der Waals surface area (Å²) in [6.07, 6.45) is -4.51. The van der Waals surface area contributed by atoms with Gasteiger partial charge >= 0.3 is 6.18 Å². The summed E-state index contributed by atoms with van der Waals surface area (Å²) < 4.78 is 59.7. The summed E-state index contributed by atoms with van der Waals surface area (Å²) in [6, 6.07) is 3.04. The number of carbonyl (C=O) groups excluding carboxylic acids is 1. The van der Waals surface area contributed by atoms with Gasteiger partial charge in [0, 0.05) is 0 Å². The Kier molecular flexibility index (Phi) is 3.61. The molecule has 1 aromatic rings. The molecule has 0 saturated heterocycles. The van der Waals surface area contributed by atoms with Crippen molar-refractivity contribution in [3.63, 3.8) is 0 Å². The minimum Gasteiger partial charge on any atom is -0.299 e. The van der Waals surface area contributed by atoms with E-state index < -0.39 is 33.1 Å². The SMILES string of the molecule is CC(=O)CS(=O)(=O)c1ccc(C(F)(F)F)cc1. The van der Waals surface area contributed by atoms with Crippen LogP contribution in [-0.4, -0.2) is 20.0 Å². The molecule has 0 N–H and O–H groups in total. The van der Waals surface area contributed by atoms with Gasteiger partial charge in [-0.05, 0) is 31.2 Å². The molecule has 0 fully saturated rings. The van der Waals surface area contributed by atoms with E-state index in [1.807, 2.05) is 0 Å². The summed E-state index contributed by atoms with van der Waals surface area (Å²) in [4.78, 5) is 10.4. The summed E-state index contributed by atoms with van der Waals surface area (Å²) in [5, 5.41) is 0. The van der Waals surface area contributed by atoms with Gasteiger partial charge in [-0.1, -0.05) is 0 Å². The second-order valence-corrected chi connectivity index (χ2v) is 5.47. The maximum absolute atomic E-state index is 12.2. The molecule has 0 aliphatic carbocycles. The fourth-order valence-corrected chi connectivity index (χ4v) is 2.45. The zero-order valence-electron chi connectivity index (χ0n) is 8.78. The van der Waals surface area contributed by atoms with Gasteiger partial charge < -0.3 is 0 Å². The molecule has 0 radical (unpaired) electrons. The normalized spacial score (nSPS) is 12.5. The van der Waals surface area contributed by atoms with Crippen molar-refractivity contribution in [2.75, 3.05) is 5.75 Å². The molecule has 0 unspecified atom stereocenters. The Bertz CT molecular complexity index is 515. The quantitative estimate of drug-likeness (QED) is 0.841. The average molecular weight is 266 g/mol. The Morgan fingerprint density at radius 1 is 1.18 bits per heavy atom. The second kappa shape index (κ2) is 4.48. The molecule has 1 rings (SSSR count).